The average Bonchev–Trinajstić information content (AvgIpc) is 2.71. The average molecular weight is 364 g/mol. The summed E-state index contributed by atoms with van der Waals surface area (Å²) in [7, 11) is 0. The van der Waals surface area contributed by atoms with Gasteiger partial charge in [0.2, 0.25) is 5.91 Å². The summed E-state index contributed by atoms with van der Waals surface area (Å²) < 4.78 is 6.90. The van der Waals surface area contributed by atoms with Crippen molar-refractivity contribution in [2.75, 3.05) is 13.2 Å². The van der Waals surface area contributed by atoms with E-state index in [0.29, 0.717) is 24.1 Å². The number of morpholine rings is 1. The molecule has 138 valence electrons. The van der Waals surface area contributed by atoms with Gasteiger partial charge in [-0.1, -0.05) is 47.7 Å². The van der Waals surface area contributed by atoms with Crippen molar-refractivity contribution in [3.05, 3.63) is 70.5 Å². The van der Waals surface area contributed by atoms with E-state index in [2.05, 4.69) is 10.3 Å². The molecule has 1 aromatic heterocycles. The van der Waals surface area contributed by atoms with Crippen LogP contribution in [-0.4, -0.2) is 45.1 Å². The van der Waals surface area contributed by atoms with E-state index in [4.69, 9.17) is 4.74 Å². The van der Waals surface area contributed by atoms with Crippen molar-refractivity contribution in [2.45, 2.75) is 25.6 Å². The zero-order valence-electron chi connectivity index (χ0n) is 15.0. The number of nitrogens with zero attached hydrogens (tertiary/aromatic N) is 4. The Hall–Kier alpha value is -3.06. The van der Waals surface area contributed by atoms with Gasteiger partial charge in [-0.15, -0.1) is 5.10 Å². The van der Waals surface area contributed by atoms with Gasteiger partial charge in [-0.05, 0) is 24.6 Å². The van der Waals surface area contributed by atoms with Gasteiger partial charge in [0.05, 0.1) is 24.1 Å². The molecule has 2 atom stereocenters. The maximum Gasteiger partial charge on any atom is 0.278 e. The summed E-state index contributed by atoms with van der Waals surface area (Å²) in [4.78, 5) is 27.4. The number of hydrogen-bond donors (Lipinski definition) is 0. The second kappa shape index (κ2) is 7.28. The van der Waals surface area contributed by atoms with Gasteiger partial charge in [0.1, 0.15) is 12.1 Å². The van der Waals surface area contributed by atoms with Gasteiger partial charge < -0.3 is 9.64 Å². The fourth-order valence-electron chi connectivity index (χ4n) is 3.38. The SMILES string of the molecule is CC1CN(C(=O)Cn2nnc3ccccc3c2=O)C(c2ccccc2)CO1. The fourth-order valence-corrected chi connectivity index (χ4v) is 3.38. The number of aromatic nitrogens is 3. The molecule has 0 spiro atoms. The molecular formula is C20H20N4O3. The summed E-state index contributed by atoms with van der Waals surface area (Å²) in [5.74, 6) is -0.175. The first-order valence-electron chi connectivity index (χ1n) is 8.92. The van der Waals surface area contributed by atoms with Crippen molar-refractivity contribution in [1.82, 2.24) is 19.9 Å². The molecule has 4 rings (SSSR count). The smallest absolute Gasteiger partial charge is 0.278 e. The van der Waals surface area contributed by atoms with Gasteiger partial charge in [-0.3, -0.25) is 9.59 Å². The quantitative estimate of drug-likeness (QED) is 0.708. The molecule has 1 saturated heterocycles. The number of fused-ring (bicyclic) bond motifs is 1. The van der Waals surface area contributed by atoms with E-state index in [0.717, 1.165) is 10.2 Å². The molecule has 0 saturated carbocycles. The Morgan fingerprint density at radius 3 is 2.70 bits per heavy atom. The summed E-state index contributed by atoms with van der Waals surface area (Å²) in [6.45, 7) is 2.68. The summed E-state index contributed by atoms with van der Waals surface area (Å²) in [6, 6.07) is 16.6. The van der Waals surface area contributed by atoms with Crippen LogP contribution in [-0.2, 0) is 16.1 Å². The Labute approximate surface area is 156 Å². The van der Waals surface area contributed by atoms with Crippen LogP contribution in [0.3, 0.4) is 0 Å². The van der Waals surface area contributed by atoms with Crippen molar-refractivity contribution in [1.29, 1.82) is 0 Å². The lowest BCUT2D eigenvalue weighted by molar-refractivity contribution is -0.145. The summed E-state index contributed by atoms with van der Waals surface area (Å²) in [6.07, 6.45) is -0.0617. The molecule has 1 amide bonds. The van der Waals surface area contributed by atoms with Gasteiger partial charge in [-0.25, -0.2) is 4.68 Å². The number of amides is 1. The van der Waals surface area contributed by atoms with Crippen molar-refractivity contribution in [3.63, 3.8) is 0 Å². The van der Waals surface area contributed by atoms with E-state index < -0.39 is 0 Å². The molecule has 27 heavy (non-hydrogen) atoms. The standard InChI is InChI=1S/C20H20N4O3/c1-14-11-23(18(13-27-14)15-7-3-2-4-8-15)19(25)12-24-20(26)16-9-5-6-10-17(16)21-22-24/h2-10,14,18H,11-13H2,1H3. The van der Waals surface area contributed by atoms with Crippen LogP contribution in [0, 0.1) is 0 Å². The van der Waals surface area contributed by atoms with Crippen LogP contribution in [0.25, 0.3) is 10.9 Å². The third kappa shape index (κ3) is 3.46. The second-order valence-corrected chi connectivity index (χ2v) is 6.69. The number of carbonyl (C=O) groups excluding carboxylic acids is 1. The highest BCUT2D eigenvalue weighted by atomic mass is 16.5. The minimum atomic E-state index is -0.313. The van der Waals surface area contributed by atoms with Gasteiger partial charge in [0, 0.05) is 6.54 Å². The van der Waals surface area contributed by atoms with Crippen LogP contribution in [0.2, 0.25) is 0 Å². The maximum atomic E-state index is 13.0. The van der Waals surface area contributed by atoms with E-state index >= 15 is 0 Å². The van der Waals surface area contributed by atoms with E-state index in [1.165, 1.54) is 0 Å². The normalized spacial score (nSPS) is 20.0. The molecule has 1 aliphatic heterocycles. The van der Waals surface area contributed by atoms with Crippen molar-refractivity contribution >= 4 is 16.8 Å². The largest absolute Gasteiger partial charge is 0.374 e. The van der Waals surface area contributed by atoms with Crippen LogP contribution >= 0.6 is 0 Å². The van der Waals surface area contributed by atoms with Crippen LogP contribution < -0.4 is 5.56 Å². The zero-order valence-corrected chi connectivity index (χ0v) is 15.0. The molecule has 1 fully saturated rings. The molecule has 0 aliphatic carbocycles. The molecule has 2 unspecified atom stereocenters. The molecule has 2 aromatic carbocycles. The first-order chi connectivity index (χ1) is 13.1. The molecule has 0 bridgehead atoms. The highest BCUT2D eigenvalue weighted by Gasteiger charge is 2.32. The van der Waals surface area contributed by atoms with Crippen LogP contribution in [0.15, 0.2) is 59.4 Å². The molecule has 7 heteroatoms. The Bertz CT molecular complexity index is 1020. The Morgan fingerprint density at radius 2 is 1.89 bits per heavy atom. The first-order valence-corrected chi connectivity index (χ1v) is 8.92. The highest BCUT2D eigenvalue weighted by Crippen LogP contribution is 2.26. The van der Waals surface area contributed by atoms with Crippen LogP contribution in [0.4, 0.5) is 0 Å². The fraction of sp³-hybridized carbons (Fsp3) is 0.300. The molecule has 7 nitrogen and oxygen atoms in total. The first kappa shape index (κ1) is 17.4. The van der Waals surface area contributed by atoms with Gasteiger partial charge in [-0.2, -0.15) is 0 Å². The van der Waals surface area contributed by atoms with Gasteiger partial charge in [0.15, 0.2) is 0 Å². The minimum Gasteiger partial charge on any atom is -0.374 e. The zero-order chi connectivity index (χ0) is 18.8. The Kier molecular flexibility index (Phi) is 4.68. The lowest BCUT2D eigenvalue weighted by Gasteiger charge is -2.39. The minimum absolute atomic E-state index is 0.0617. The number of carbonyl (C=O) groups is 1. The number of rotatable bonds is 3. The van der Waals surface area contributed by atoms with E-state index in [1.54, 1.807) is 29.2 Å². The lowest BCUT2D eigenvalue weighted by Crippen LogP contribution is -2.48. The monoisotopic (exact) mass is 364 g/mol. The molecule has 2 heterocycles. The number of benzene rings is 2. The molecule has 1 aliphatic rings. The summed E-state index contributed by atoms with van der Waals surface area (Å²) >= 11 is 0. The maximum absolute atomic E-state index is 13.0. The van der Waals surface area contributed by atoms with Gasteiger partial charge in [0.25, 0.3) is 5.56 Å². The highest BCUT2D eigenvalue weighted by molar-refractivity contribution is 5.78. The predicted molar refractivity (Wildman–Crippen MR) is 100 cm³/mol. The molecular weight excluding hydrogens is 344 g/mol. The van der Waals surface area contributed by atoms with Crippen molar-refractivity contribution < 1.29 is 9.53 Å². The predicted octanol–water partition coefficient (Wildman–Crippen LogP) is 1.78. The lowest BCUT2D eigenvalue weighted by atomic mass is 10.0. The van der Waals surface area contributed by atoms with Crippen LogP contribution in [0.5, 0.6) is 0 Å². The molecule has 0 N–H and O–H groups in total. The van der Waals surface area contributed by atoms with E-state index in [1.807, 2.05) is 37.3 Å². The Balaban J connectivity index is 1.62. The van der Waals surface area contributed by atoms with Gasteiger partial charge >= 0.3 is 0 Å². The number of ether oxygens (including phenoxy) is 1. The van der Waals surface area contributed by atoms with Crippen molar-refractivity contribution in [2.24, 2.45) is 0 Å². The second-order valence-electron chi connectivity index (χ2n) is 6.69. The summed E-state index contributed by atoms with van der Waals surface area (Å²) in [5.41, 5.74) is 1.22. The van der Waals surface area contributed by atoms with Crippen molar-refractivity contribution in [3.8, 4) is 0 Å². The molecule has 0 radical (unpaired) electrons. The van der Waals surface area contributed by atoms with E-state index in [9.17, 15) is 9.59 Å². The number of hydrogen-bond acceptors (Lipinski definition) is 5. The summed E-state index contributed by atoms with van der Waals surface area (Å²) in [5, 5.41) is 8.44. The molecule has 3 aromatic rings. The third-order valence-electron chi connectivity index (χ3n) is 4.79. The van der Waals surface area contributed by atoms with Crippen LogP contribution in [0.1, 0.15) is 18.5 Å². The van der Waals surface area contributed by atoms with E-state index in [-0.39, 0.29) is 30.2 Å². The topological polar surface area (TPSA) is 77.3 Å². The third-order valence-corrected chi connectivity index (χ3v) is 4.79. The Morgan fingerprint density at radius 1 is 1.15 bits per heavy atom.